The molecule has 0 aromatic carbocycles. The quantitative estimate of drug-likeness (QED) is 0.794. The molecule has 0 amide bonds. The van der Waals surface area contributed by atoms with Gasteiger partial charge in [-0.1, -0.05) is 6.42 Å². The molecule has 2 saturated carbocycles. The maximum Gasteiger partial charge on any atom is 0.158 e. The Morgan fingerprint density at radius 2 is 2.00 bits per heavy atom. The van der Waals surface area contributed by atoms with Crippen molar-refractivity contribution in [3.63, 3.8) is 0 Å². The van der Waals surface area contributed by atoms with Gasteiger partial charge in [0.1, 0.15) is 5.92 Å². The third-order valence-electron chi connectivity index (χ3n) is 4.19. The van der Waals surface area contributed by atoms with E-state index in [-0.39, 0.29) is 11.7 Å². The van der Waals surface area contributed by atoms with E-state index in [0.717, 1.165) is 5.56 Å². The van der Waals surface area contributed by atoms with Crippen LogP contribution in [0.3, 0.4) is 0 Å². The summed E-state index contributed by atoms with van der Waals surface area (Å²) in [5.41, 5.74) is 0.789. The minimum absolute atomic E-state index is 0.133. The summed E-state index contributed by atoms with van der Waals surface area (Å²) in [5, 5.41) is 9.20. The number of ketones is 1. The number of rotatable bonds is 3. The number of carbonyl (C=O) groups is 1. The minimum Gasteiger partial charge on any atom is -0.298 e. The molecule has 2 aliphatic rings. The Morgan fingerprint density at radius 1 is 1.35 bits per heavy atom. The molecule has 3 unspecified atom stereocenters. The van der Waals surface area contributed by atoms with Crippen molar-refractivity contribution in [2.24, 2.45) is 17.8 Å². The second-order valence-corrected chi connectivity index (χ2v) is 5.03. The molecular weight excluding hydrogens is 212 g/mol. The molecule has 1 aromatic heterocycles. The average Bonchev–Trinajstić information content (AvgIpc) is 2.85. The number of nitriles is 1. The first-order valence-electron chi connectivity index (χ1n) is 6.16. The molecule has 3 atom stereocenters. The molecule has 0 spiro atoms. The fourth-order valence-corrected chi connectivity index (χ4v) is 3.29. The van der Waals surface area contributed by atoms with E-state index < -0.39 is 5.92 Å². The molecule has 86 valence electrons. The molecule has 17 heavy (non-hydrogen) atoms. The van der Waals surface area contributed by atoms with E-state index in [4.69, 9.17) is 0 Å². The van der Waals surface area contributed by atoms with Crippen LogP contribution in [-0.2, 0) is 4.79 Å². The summed E-state index contributed by atoms with van der Waals surface area (Å²) >= 11 is 0. The van der Waals surface area contributed by atoms with Crippen molar-refractivity contribution in [2.45, 2.75) is 25.2 Å². The fraction of sp³-hybridized carbons (Fsp3) is 0.500. The van der Waals surface area contributed by atoms with E-state index in [2.05, 4.69) is 11.1 Å². The van der Waals surface area contributed by atoms with E-state index in [1.165, 1.54) is 19.3 Å². The number of pyridine rings is 1. The molecule has 0 saturated heterocycles. The van der Waals surface area contributed by atoms with Crippen molar-refractivity contribution >= 4 is 5.78 Å². The lowest BCUT2D eigenvalue weighted by Crippen LogP contribution is -2.15. The minimum atomic E-state index is -0.589. The zero-order valence-corrected chi connectivity index (χ0v) is 9.54. The highest BCUT2D eigenvalue weighted by Crippen LogP contribution is 2.59. The molecule has 0 aliphatic heterocycles. The molecule has 3 nitrogen and oxygen atoms in total. The maximum atomic E-state index is 12.3. The number of carbonyl (C=O) groups excluding carboxylic acids is 1. The second-order valence-electron chi connectivity index (χ2n) is 5.03. The normalized spacial score (nSPS) is 31.4. The Kier molecular flexibility index (Phi) is 2.44. The number of hydrogen-bond acceptors (Lipinski definition) is 3. The largest absolute Gasteiger partial charge is 0.298 e. The topological polar surface area (TPSA) is 53.8 Å². The van der Waals surface area contributed by atoms with Crippen LogP contribution >= 0.6 is 0 Å². The van der Waals surface area contributed by atoms with Gasteiger partial charge in [0.15, 0.2) is 5.78 Å². The van der Waals surface area contributed by atoms with Gasteiger partial charge in [-0.3, -0.25) is 9.78 Å². The first kappa shape index (κ1) is 10.5. The lowest BCUT2D eigenvalue weighted by Gasteiger charge is -2.09. The lowest BCUT2D eigenvalue weighted by atomic mass is 9.91. The molecule has 3 rings (SSSR count). The van der Waals surface area contributed by atoms with Crippen LogP contribution in [0.4, 0.5) is 0 Å². The SMILES string of the molecule is N#CC(C(=O)C1C2CCCC21)c1ccncc1. The maximum absolute atomic E-state index is 12.3. The third kappa shape index (κ3) is 1.64. The van der Waals surface area contributed by atoms with Gasteiger partial charge < -0.3 is 0 Å². The summed E-state index contributed by atoms with van der Waals surface area (Å²) in [4.78, 5) is 16.2. The molecule has 0 bridgehead atoms. The van der Waals surface area contributed by atoms with Gasteiger partial charge in [-0.15, -0.1) is 0 Å². The Balaban J connectivity index is 1.79. The van der Waals surface area contributed by atoms with Gasteiger partial charge in [0.25, 0.3) is 0 Å². The summed E-state index contributed by atoms with van der Waals surface area (Å²) in [5.74, 6) is 0.879. The summed E-state index contributed by atoms with van der Waals surface area (Å²) in [6.07, 6.45) is 6.89. The van der Waals surface area contributed by atoms with Crippen molar-refractivity contribution in [1.29, 1.82) is 5.26 Å². The fourth-order valence-electron chi connectivity index (χ4n) is 3.29. The Bertz CT molecular complexity index is 467. The highest BCUT2D eigenvalue weighted by Gasteiger charge is 2.57. The Morgan fingerprint density at radius 3 is 2.59 bits per heavy atom. The van der Waals surface area contributed by atoms with Crippen LogP contribution in [0.2, 0.25) is 0 Å². The van der Waals surface area contributed by atoms with Crippen molar-refractivity contribution in [2.75, 3.05) is 0 Å². The van der Waals surface area contributed by atoms with Crippen LogP contribution in [0.1, 0.15) is 30.7 Å². The molecule has 0 radical (unpaired) electrons. The Labute approximate surface area is 100 Å². The molecule has 1 aromatic rings. The smallest absolute Gasteiger partial charge is 0.158 e. The summed E-state index contributed by atoms with van der Waals surface area (Å²) in [6, 6.07) is 5.69. The number of Topliss-reactive ketones (excluding diaryl/α,β-unsaturated/α-hetero) is 1. The number of nitrogens with zero attached hydrogens (tertiary/aromatic N) is 2. The van der Waals surface area contributed by atoms with Crippen LogP contribution in [0.15, 0.2) is 24.5 Å². The van der Waals surface area contributed by atoms with Crippen LogP contribution in [0.25, 0.3) is 0 Å². The molecule has 0 N–H and O–H groups in total. The Hall–Kier alpha value is -1.69. The summed E-state index contributed by atoms with van der Waals surface area (Å²) in [6.45, 7) is 0. The predicted molar refractivity (Wildman–Crippen MR) is 61.9 cm³/mol. The van der Waals surface area contributed by atoms with Crippen LogP contribution in [-0.4, -0.2) is 10.8 Å². The zero-order valence-electron chi connectivity index (χ0n) is 9.54. The monoisotopic (exact) mass is 226 g/mol. The standard InChI is InChI=1S/C14H14N2O/c15-8-12(9-4-6-16-7-5-9)14(17)13-10-2-1-3-11(10)13/h4-7,10-13H,1-3H2. The van der Waals surface area contributed by atoms with Gasteiger partial charge in [-0.25, -0.2) is 0 Å². The first-order valence-corrected chi connectivity index (χ1v) is 6.16. The van der Waals surface area contributed by atoms with E-state index in [1.807, 2.05) is 0 Å². The van der Waals surface area contributed by atoms with E-state index in [1.54, 1.807) is 24.5 Å². The first-order chi connectivity index (χ1) is 8.33. The van der Waals surface area contributed by atoms with Crippen LogP contribution < -0.4 is 0 Å². The number of fused-ring (bicyclic) bond motifs is 1. The van der Waals surface area contributed by atoms with Crippen LogP contribution in [0.5, 0.6) is 0 Å². The van der Waals surface area contributed by atoms with Gasteiger partial charge in [0.05, 0.1) is 6.07 Å². The van der Waals surface area contributed by atoms with Gasteiger partial charge in [-0.05, 0) is 42.4 Å². The second kappa shape index (κ2) is 3.96. The summed E-state index contributed by atoms with van der Waals surface area (Å²) < 4.78 is 0. The van der Waals surface area contributed by atoms with Crippen molar-refractivity contribution in [3.8, 4) is 6.07 Å². The van der Waals surface area contributed by atoms with Crippen molar-refractivity contribution < 1.29 is 4.79 Å². The van der Waals surface area contributed by atoms with Crippen molar-refractivity contribution in [1.82, 2.24) is 4.98 Å². The average molecular weight is 226 g/mol. The van der Waals surface area contributed by atoms with E-state index in [0.29, 0.717) is 11.8 Å². The van der Waals surface area contributed by atoms with Gasteiger partial charge in [0.2, 0.25) is 0 Å². The molecule has 2 aliphatic carbocycles. The van der Waals surface area contributed by atoms with Gasteiger partial charge >= 0.3 is 0 Å². The predicted octanol–water partition coefficient (Wildman–Crippen LogP) is 2.30. The van der Waals surface area contributed by atoms with Crippen molar-refractivity contribution in [3.05, 3.63) is 30.1 Å². The number of aromatic nitrogens is 1. The van der Waals surface area contributed by atoms with Gasteiger partial charge in [-0.2, -0.15) is 5.26 Å². The molecular formula is C14H14N2O. The highest BCUT2D eigenvalue weighted by atomic mass is 16.1. The zero-order chi connectivity index (χ0) is 11.8. The third-order valence-corrected chi connectivity index (χ3v) is 4.19. The van der Waals surface area contributed by atoms with E-state index >= 15 is 0 Å². The molecule has 3 heteroatoms. The highest BCUT2D eigenvalue weighted by molar-refractivity contribution is 5.93. The van der Waals surface area contributed by atoms with Gasteiger partial charge in [0, 0.05) is 18.3 Å². The van der Waals surface area contributed by atoms with E-state index in [9.17, 15) is 10.1 Å². The summed E-state index contributed by atoms with van der Waals surface area (Å²) in [7, 11) is 0. The molecule has 1 heterocycles. The van der Waals surface area contributed by atoms with Crippen LogP contribution in [0, 0.1) is 29.1 Å². The number of hydrogen-bond donors (Lipinski definition) is 0. The lowest BCUT2D eigenvalue weighted by molar-refractivity contribution is -0.121. The molecule has 2 fully saturated rings.